The van der Waals surface area contributed by atoms with E-state index < -0.39 is 0 Å². The Morgan fingerprint density at radius 2 is 1.94 bits per heavy atom. The first-order chi connectivity index (χ1) is 15.6. The molecular formula is C23H23N5O4. The summed E-state index contributed by atoms with van der Waals surface area (Å²) in [4.78, 5) is 24.0. The molecule has 1 heterocycles. The first-order valence-electron chi connectivity index (χ1n) is 9.96. The summed E-state index contributed by atoms with van der Waals surface area (Å²) >= 11 is 0. The average Bonchev–Trinajstić information content (AvgIpc) is 3.36. The maximum atomic E-state index is 12.1. The van der Waals surface area contributed by atoms with E-state index in [2.05, 4.69) is 15.7 Å². The number of anilines is 1. The van der Waals surface area contributed by atoms with Gasteiger partial charge >= 0.3 is 0 Å². The predicted octanol–water partition coefficient (Wildman–Crippen LogP) is 2.67. The molecule has 9 nitrogen and oxygen atoms in total. The Morgan fingerprint density at radius 3 is 2.62 bits per heavy atom. The van der Waals surface area contributed by atoms with E-state index in [0.717, 1.165) is 5.69 Å². The van der Waals surface area contributed by atoms with Crippen molar-refractivity contribution >= 4 is 17.5 Å². The quantitative estimate of drug-likeness (QED) is 0.475. The van der Waals surface area contributed by atoms with Crippen LogP contribution in [0.1, 0.15) is 18.4 Å². The number of hydrogen-bond donors (Lipinski definition) is 2. The van der Waals surface area contributed by atoms with Gasteiger partial charge in [0.25, 0.3) is 0 Å². The van der Waals surface area contributed by atoms with Crippen molar-refractivity contribution in [2.45, 2.75) is 12.8 Å². The zero-order valence-electron chi connectivity index (χ0n) is 17.6. The second kappa shape index (κ2) is 11.2. The highest BCUT2D eigenvalue weighted by Crippen LogP contribution is 2.27. The number of nitrogens with zero attached hydrogens (tertiary/aromatic N) is 3. The zero-order valence-corrected chi connectivity index (χ0v) is 17.6. The molecule has 0 saturated carbocycles. The van der Waals surface area contributed by atoms with Gasteiger partial charge in [0.05, 0.1) is 37.6 Å². The smallest absolute Gasteiger partial charge is 0.243 e. The van der Waals surface area contributed by atoms with E-state index in [1.54, 1.807) is 41.2 Å². The number of amides is 2. The molecule has 0 radical (unpaired) electrons. The van der Waals surface area contributed by atoms with Gasteiger partial charge in [-0.1, -0.05) is 0 Å². The van der Waals surface area contributed by atoms with Gasteiger partial charge in [-0.05, 0) is 48.9 Å². The monoisotopic (exact) mass is 433 g/mol. The normalized spacial score (nSPS) is 10.1. The van der Waals surface area contributed by atoms with Crippen LogP contribution in [0.2, 0.25) is 0 Å². The SMILES string of the molecule is COc1cc(C#N)ccc1OCCCC(=O)NCC(=O)Nc1ccc(-n2cccn2)cc1. The largest absolute Gasteiger partial charge is 0.493 e. The van der Waals surface area contributed by atoms with Crippen molar-refractivity contribution in [1.29, 1.82) is 5.26 Å². The third kappa shape index (κ3) is 6.34. The fourth-order valence-corrected chi connectivity index (χ4v) is 2.86. The van der Waals surface area contributed by atoms with Crippen LogP contribution in [0.3, 0.4) is 0 Å². The van der Waals surface area contributed by atoms with Crippen molar-refractivity contribution in [3.8, 4) is 23.3 Å². The standard InChI is InChI=1S/C23H23N5O4/c1-31-21-14-17(15-24)5-10-20(21)32-13-2-4-22(29)25-16-23(30)27-18-6-8-19(9-7-18)28-12-3-11-26-28/h3,5-12,14H,2,4,13,16H2,1H3,(H,25,29)(H,27,30). The van der Waals surface area contributed by atoms with Gasteiger partial charge in [-0.3, -0.25) is 9.59 Å². The second-order valence-electron chi connectivity index (χ2n) is 6.75. The summed E-state index contributed by atoms with van der Waals surface area (Å²) in [7, 11) is 1.50. The molecule has 2 amide bonds. The molecule has 3 aromatic rings. The molecule has 0 spiro atoms. The summed E-state index contributed by atoms with van der Waals surface area (Å²) in [6.07, 6.45) is 4.19. The van der Waals surface area contributed by atoms with E-state index in [4.69, 9.17) is 14.7 Å². The van der Waals surface area contributed by atoms with Crippen molar-refractivity contribution < 1.29 is 19.1 Å². The lowest BCUT2D eigenvalue weighted by molar-refractivity contribution is -0.124. The minimum absolute atomic E-state index is 0.121. The maximum Gasteiger partial charge on any atom is 0.243 e. The Labute approximate surface area is 185 Å². The van der Waals surface area contributed by atoms with Crippen LogP contribution in [0.5, 0.6) is 11.5 Å². The lowest BCUT2D eigenvalue weighted by Crippen LogP contribution is -2.32. The van der Waals surface area contributed by atoms with Crippen LogP contribution in [0.15, 0.2) is 60.9 Å². The van der Waals surface area contributed by atoms with E-state index in [-0.39, 0.29) is 24.8 Å². The second-order valence-corrected chi connectivity index (χ2v) is 6.75. The molecule has 0 atom stereocenters. The molecule has 0 aliphatic rings. The molecular weight excluding hydrogens is 410 g/mol. The van der Waals surface area contributed by atoms with Gasteiger partial charge in [0, 0.05) is 30.6 Å². The number of ether oxygens (including phenoxy) is 2. The van der Waals surface area contributed by atoms with Crippen LogP contribution in [0, 0.1) is 11.3 Å². The molecule has 164 valence electrons. The number of rotatable bonds is 10. The van der Waals surface area contributed by atoms with E-state index in [1.165, 1.54) is 7.11 Å². The van der Waals surface area contributed by atoms with Crippen molar-refractivity contribution in [3.05, 3.63) is 66.5 Å². The Balaban J connectivity index is 1.35. The van der Waals surface area contributed by atoms with Crippen LogP contribution in [-0.4, -0.2) is 41.9 Å². The van der Waals surface area contributed by atoms with Gasteiger partial charge in [0.15, 0.2) is 11.5 Å². The van der Waals surface area contributed by atoms with Crippen LogP contribution < -0.4 is 20.1 Å². The van der Waals surface area contributed by atoms with E-state index >= 15 is 0 Å². The Kier molecular flexibility index (Phi) is 7.81. The Hall–Kier alpha value is -4.32. The molecule has 3 rings (SSSR count). The molecule has 0 saturated heterocycles. The molecule has 2 aromatic carbocycles. The van der Waals surface area contributed by atoms with Gasteiger partial charge in [0.2, 0.25) is 11.8 Å². The number of carbonyl (C=O) groups excluding carboxylic acids is 2. The van der Waals surface area contributed by atoms with Crippen molar-refractivity contribution in [2.75, 3.05) is 25.6 Å². The number of methoxy groups -OCH3 is 1. The summed E-state index contributed by atoms with van der Waals surface area (Å²) in [6.45, 7) is 0.175. The van der Waals surface area contributed by atoms with Crippen molar-refractivity contribution in [2.24, 2.45) is 0 Å². The topological polar surface area (TPSA) is 118 Å². The number of aromatic nitrogens is 2. The molecule has 0 aliphatic carbocycles. The third-order valence-electron chi connectivity index (χ3n) is 4.46. The Bertz CT molecular complexity index is 1090. The highest BCUT2D eigenvalue weighted by molar-refractivity contribution is 5.94. The molecule has 2 N–H and O–H groups in total. The van der Waals surface area contributed by atoms with Crippen molar-refractivity contribution in [1.82, 2.24) is 15.1 Å². The van der Waals surface area contributed by atoms with Gasteiger partial charge < -0.3 is 20.1 Å². The number of benzene rings is 2. The van der Waals surface area contributed by atoms with E-state index in [9.17, 15) is 9.59 Å². The predicted molar refractivity (Wildman–Crippen MR) is 118 cm³/mol. The highest BCUT2D eigenvalue weighted by Gasteiger charge is 2.08. The Morgan fingerprint density at radius 1 is 1.12 bits per heavy atom. The number of carbonyl (C=O) groups is 2. The summed E-state index contributed by atoms with van der Waals surface area (Å²) in [5, 5.41) is 18.4. The van der Waals surface area contributed by atoms with Gasteiger partial charge in [0.1, 0.15) is 0 Å². The first-order valence-corrected chi connectivity index (χ1v) is 9.96. The summed E-state index contributed by atoms with van der Waals surface area (Å²) in [6, 6.07) is 16.0. The molecule has 0 unspecified atom stereocenters. The van der Waals surface area contributed by atoms with Crippen LogP contribution in [0.25, 0.3) is 5.69 Å². The molecule has 0 bridgehead atoms. The van der Waals surface area contributed by atoms with Gasteiger partial charge in [-0.2, -0.15) is 10.4 Å². The third-order valence-corrected chi connectivity index (χ3v) is 4.46. The van der Waals surface area contributed by atoms with Gasteiger partial charge in [-0.15, -0.1) is 0 Å². The maximum absolute atomic E-state index is 12.1. The van der Waals surface area contributed by atoms with Crippen LogP contribution >= 0.6 is 0 Å². The fraction of sp³-hybridized carbons (Fsp3) is 0.217. The molecule has 9 heteroatoms. The molecule has 0 aliphatic heterocycles. The lowest BCUT2D eigenvalue weighted by Gasteiger charge is -2.11. The minimum atomic E-state index is -0.316. The van der Waals surface area contributed by atoms with Gasteiger partial charge in [-0.25, -0.2) is 4.68 Å². The lowest BCUT2D eigenvalue weighted by atomic mass is 10.2. The fourth-order valence-electron chi connectivity index (χ4n) is 2.86. The van der Waals surface area contributed by atoms with Crippen LogP contribution in [0.4, 0.5) is 5.69 Å². The molecule has 1 aromatic heterocycles. The average molecular weight is 433 g/mol. The minimum Gasteiger partial charge on any atom is -0.493 e. The number of hydrogen-bond acceptors (Lipinski definition) is 6. The molecule has 0 fully saturated rings. The van der Waals surface area contributed by atoms with Crippen molar-refractivity contribution in [3.63, 3.8) is 0 Å². The summed E-state index contributed by atoms with van der Waals surface area (Å²) in [5.41, 5.74) is 1.98. The summed E-state index contributed by atoms with van der Waals surface area (Å²) < 4.78 is 12.5. The molecule has 32 heavy (non-hydrogen) atoms. The van der Waals surface area contributed by atoms with E-state index in [0.29, 0.717) is 35.8 Å². The summed E-state index contributed by atoms with van der Waals surface area (Å²) in [5.74, 6) is 0.404. The highest BCUT2D eigenvalue weighted by atomic mass is 16.5. The number of nitrogens with one attached hydrogen (secondary N) is 2. The van der Waals surface area contributed by atoms with Crippen LogP contribution in [-0.2, 0) is 9.59 Å². The number of nitriles is 1. The zero-order chi connectivity index (χ0) is 22.8. The first kappa shape index (κ1) is 22.4. The van der Waals surface area contributed by atoms with E-state index in [1.807, 2.05) is 30.5 Å².